The molecular formula is C37H61N3O5. The third-order valence-corrected chi connectivity index (χ3v) is 7.10. The monoisotopic (exact) mass is 627 g/mol. The van der Waals surface area contributed by atoms with Gasteiger partial charge in [0.25, 0.3) is 0 Å². The molecule has 0 spiro atoms. The van der Waals surface area contributed by atoms with Crippen LogP contribution in [0, 0.1) is 17.8 Å². The second kappa shape index (κ2) is 25.0. The Balaban J connectivity index is 0.00000134. The Morgan fingerprint density at radius 3 is 1.98 bits per heavy atom. The smallest absolute Gasteiger partial charge is 0.239 e. The Bertz CT molecular complexity index is 1070. The summed E-state index contributed by atoms with van der Waals surface area (Å²) in [5.74, 6) is 0.877. The molecule has 0 radical (unpaired) electrons. The predicted molar refractivity (Wildman–Crippen MR) is 185 cm³/mol. The summed E-state index contributed by atoms with van der Waals surface area (Å²) < 4.78 is 5.94. The summed E-state index contributed by atoms with van der Waals surface area (Å²) >= 11 is 0. The van der Waals surface area contributed by atoms with Crippen molar-refractivity contribution < 1.29 is 24.2 Å². The number of ketones is 1. The van der Waals surface area contributed by atoms with Crippen LogP contribution in [0.5, 0.6) is 5.75 Å². The van der Waals surface area contributed by atoms with Gasteiger partial charge in [0.05, 0.1) is 24.6 Å². The number of aliphatic hydroxyl groups excluding tert-OH is 1. The van der Waals surface area contributed by atoms with E-state index in [1.54, 1.807) is 13.8 Å². The molecule has 2 amide bonds. The molecule has 0 heterocycles. The number of aliphatic hydroxyl groups is 1. The number of Topliss-reactive ketones (excluding diaryl/α,β-unsaturated/α-hetero) is 1. The number of aryl methyl sites for hydroxylation is 2. The second-order valence-electron chi connectivity index (χ2n) is 12.2. The summed E-state index contributed by atoms with van der Waals surface area (Å²) in [5.41, 5.74) is 2.46. The molecule has 0 saturated carbocycles. The fourth-order valence-electron chi connectivity index (χ4n) is 4.04. The van der Waals surface area contributed by atoms with Crippen LogP contribution >= 0.6 is 0 Å². The van der Waals surface area contributed by atoms with Crippen LogP contribution in [0.1, 0.15) is 86.3 Å². The van der Waals surface area contributed by atoms with Gasteiger partial charge in [-0.1, -0.05) is 103 Å². The van der Waals surface area contributed by atoms with Crippen molar-refractivity contribution in [1.82, 2.24) is 16.0 Å². The van der Waals surface area contributed by atoms with Crippen LogP contribution in [-0.4, -0.2) is 61.1 Å². The Morgan fingerprint density at radius 1 is 0.844 bits per heavy atom. The minimum Gasteiger partial charge on any atom is -0.492 e. The van der Waals surface area contributed by atoms with Crippen molar-refractivity contribution in [3.63, 3.8) is 0 Å². The maximum atomic E-state index is 11.9. The van der Waals surface area contributed by atoms with Crippen LogP contribution in [0.4, 0.5) is 0 Å². The minimum atomic E-state index is -0.762. The van der Waals surface area contributed by atoms with Crippen LogP contribution in [0.2, 0.25) is 0 Å². The third kappa shape index (κ3) is 20.4. The first-order valence-corrected chi connectivity index (χ1v) is 16.5. The highest BCUT2D eigenvalue weighted by Gasteiger charge is 2.20. The van der Waals surface area contributed by atoms with Crippen molar-refractivity contribution in [3.05, 3.63) is 65.7 Å². The van der Waals surface area contributed by atoms with Crippen LogP contribution in [-0.2, 0) is 27.2 Å². The van der Waals surface area contributed by atoms with E-state index in [-0.39, 0.29) is 36.1 Å². The molecule has 0 aliphatic heterocycles. The van der Waals surface area contributed by atoms with Crippen LogP contribution in [0.25, 0.3) is 0 Å². The summed E-state index contributed by atoms with van der Waals surface area (Å²) in [5, 5.41) is 18.0. The van der Waals surface area contributed by atoms with E-state index in [0.29, 0.717) is 19.7 Å². The van der Waals surface area contributed by atoms with Gasteiger partial charge in [0.15, 0.2) is 0 Å². The SMILES string of the molecule is CC(C)C.CCC(C)C(NCCOc1ccccc1CCCNC(=O)CNC(=O)C(C)C(C)O)C(C)=O.CCc1ccccc1. The number of hydrogen-bond acceptors (Lipinski definition) is 6. The van der Waals surface area contributed by atoms with E-state index in [4.69, 9.17) is 4.74 Å². The van der Waals surface area contributed by atoms with E-state index < -0.39 is 12.0 Å². The van der Waals surface area contributed by atoms with Crippen LogP contribution in [0.15, 0.2) is 54.6 Å². The molecule has 4 N–H and O–H groups in total. The fraction of sp³-hybridized carbons (Fsp3) is 0.595. The average molecular weight is 628 g/mol. The average Bonchev–Trinajstić information content (AvgIpc) is 3.01. The zero-order valence-electron chi connectivity index (χ0n) is 29.3. The van der Waals surface area contributed by atoms with Gasteiger partial charge in [-0.2, -0.15) is 0 Å². The molecule has 4 atom stereocenters. The molecule has 8 heteroatoms. The maximum Gasteiger partial charge on any atom is 0.239 e. The molecule has 0 aliphatic carbocycles. The van der Waals surface area contributed by atoms with E-state index >= 15 is 0 Å². The molecule has 2 rings (SSSR count). The lowest BCUT2D eigenvalue weighted by Gasteiger charge is -2.22. The van der Waals surface area contributed by atoms with Gasteiger partial charge in [-0.05, 0) is 62.1 Å². The molecule has 45 heavy (non-hydrogen) atoms. The molecule has 0 bridgehead atoms. The number of amides is 2. The number of benzene rings is 2. The topological polar surface area (TPSA) is 117 Å². The number of carbonyl (C=O) groups excluding carboxylic acids is 3. The first-order valence-electron chi connectivity index (χ1n) is 16.5. The standard InChI is InChI=1S/C25H41N3O5.C8H10.C4H10/c1-6-17(2)24(20(5)30)27-14-15-33-22-12-8-7-10-21(22)11-9-13-26-23(31)16-28-25(32)18(3)19(4)29;1-2-8-6-4-3-5-7-8;1-4(2)3/h7-8,10,12,17-19,24,27,29H,6,9,11,13-16H2,1-5H3,(H,26,31)(H,28,32);3-7H,2H2,1H3;4H,1-3H3. The van der Waals surface area contributed by atoms with E-state index in [1.807, 2.05) is 30.3 Å². The zero-order chi connectivity index (χ0) is 34.2. The van der Waals surface area contributed by atoms with E-state index in [9.17, 15) is 19.5 Å². The van der Waals surface area contributed by atoms with E-state index in [0.717, 1.165) is 42.9 Å². The molecule has 0 fully saturated rings. The molecular weight excluding hydrogens is 566 g/mol. The number of nitrogens with one attached hydrogen (secondary N) is 3. The van der Waals surface area contributed by atoms with Gasteiger partial charge in [-0.3, -0.25) is 14.4 Å². The van der Waals surface area contributed by atoms with Gasteiger partial charge >= 0.3 is 0 Å². The highest BCUT2D eigenvalue weighted by molar-refractivity contribution is 5.85. The number of rotatable bonds is 17. The van der Waals surface area contributed by atoms with Crippen molar-refractivity contribution in [3.8, 4) is 5.75 Å². The zero-order valence-corrected chi connectivity index (χ0v) is 29.3. The normalized spacial score (nSPS) is 13.1. The predicted octanol–water partition coefficient (Wildman–Crippen LogP) is 5.75. The second-order valence-corrected chi connectivity index (χ2v) is 12.2. The van der Waals surface area contributed by atoms with Gasteiger partial charge in [0.2, 0.25) is 11.8 Å². The summed E-state index contributed by atoms with van der Waals surface area (Å²) in [6.07, 6.45) is 2.77. The Kier molecular flexibility index (Phi) is 23.2. The maximum absolute atomic E-state index is 11.9. The van der Waals surface area contributed by atoms with Gasteiger partial charge < -0.3 is 25.8 Å². The Morgan fingerprint density at radius 2 is 1.44 bits per heavy atom. The lowest BCUT2D eigenvalue weighted by atomic mass is 9.96. The lowest BCUT2D eigenvalue weighted by molar-refractivity contribution is -0.130. The van der Waals surface area contributed by atoms with Crippen molar-refractivity contribution in [2.75, 3.05) is 26.2 Å². The Hall–Kier alpha value is -3.23. The van der Waals surface area contributed by atoms with Crippen molar-refractivity contribution in [1.29, 1.82) is 0 Å². The first-order chi connectivity index (χ1) is 21.3. The van der Waals surface area contributed by atoms with Crippen molar-refractivity contribution >= 4 is 17.6 Å². The molecule has 0 aliphatic rings. The van der Waals surface area contributed by atoms with Gasteiger partial charge in [-0.15, -0.1) is 0 Å². The largest absolute Gasteiger partial charge is 0.492 e. The minimum absolute atomic E-state index is 0.111. The van der Waals surface area contributed by atoms with Crippen LogP contribution < -0.4 is 20.7 Å². The van der Waals surface area contributed by atoms with E-state index in [1.165, 1.54) is 12.5 Å². The molecule has 0 saturated heterocycles. The number of hydrogen-bond donors (Lipinski definition) is 4. The molecule has 2 aromatic rings. The van der Waals surface area contributed by atoms with Gasteiger partial charge in [-0.25, -0.2) is 0 Å². The quantitative estimate of drug-likeness (QED) is 0.166. The summed E-state index contributed by atoms with van der Waals surface area (Å²) in [6, 6.07) is 18.1. The molecule has 2 aromatic carbocycles. The summed E-state index contributed by atoms with van der Waals surface area (Å²) in [7, 11) is 0. The summed E-state index contributed by atoms with van der Waals surface area (Å²) in [4.78, 5) is 35.5. The third-order valence-electron chi connectivity index (χ3n) is 7.10. The van der Waals surface area contributed by atoms with E-state index in [2.05, 4.69) is 81.8 Å². The molecule has 8 nitrogen and oxygen atoms in total. The lowest BCUT2D eigenvalue weighted by Crippen LogP contribution is -2.42. The highest BCUT2D eigenvalue weighted by Crippen LogP contribution is 2.19. The van der Waals surface area contributed by atoms with Gasteiger partial charge in [0.1, 0.15) is 18.1 Å². The van der Waals surface area contributed by atoms with Crippen molar-refractivity contribution in [2.45, 2.75) is 100 Å². The highest BCUT2D eigenvalue weighted by atomic mass is 16.5. The molecule has 0 aromatic heterocycles. The number of ether oxygens (including phenoxy) is 1. The summed E-state index contributed by atoms with van der Waals surface area (Å²) in [6.45, 7) is 19.0. The molecule has 4 unspecified atom stereocenters. The van der Waals surface area contributed by atoms with Crippen LogP contribution in [0.3, 0.4) is 0 Å². The number of para-hydroxylation sites is 1. The molecule has 254 valence electrons. The van der Waals surface area contributed by atoms with Gasteiger partial charge in [0, 0.05) is 13.1 Å². The first kappa shape index (κ1) is 41.8. The van der Waals surface area contributed by atoms with Crippen molar-refractivity contribution in [2.24, 2.45) is 17.8 Å². The number of carbonyl (C=O) groups is 3. The Labute approximate surface area is 273 Å². The fourth-order valence-corrected chi connectivity index (χ4v) is 4.04.